The zero-order valence-corrected chi connectivity index (χ0v) is 15.3. The maximum atomic E-state index is 12.5. The zero-order valence-electron chi connectivity index (χ0n) is 15.3. The van der Waals surface area contributed by atoms with Crippen LogP contribution in [0.2, 0.25) is 0 Å². The van der Waals surface area contributed by atoms with Crippen molar-refractivity contribution in [2.24, 2.45) is 11.8 Å². The van der Waals surface area contributed by atoms with E-state index in [0.717, 1.165) is 16.9 Å². The third-order valence-corrected chi connectivity index (χ3v) is 5.13. The predicted octanol–water partition coefficient (Wildman–Crippen LogP) is 2.89. The van der Waals surface area contributed by atoms with Crippen molar-refractivity contribution in [2.45, 2.75) is 27.7 Å². The van der Waals surface area contributed by atoms with Crippen molar-refractivity contribution in [3.05, 3.63) is 41.2 Å². The van der Waals surface area contributed by atoms with E-state index in [1.54, 1.807) is 11.1 Å². The van der Waals surface area contributed by atoms with E-state index < -0.39 is 0 Å². The van der Waals surface area contributed by atoms with Gasteiger partial charge < -0.3 is 15.3 Å². The van der Waals surface area contributed by atoms with Crippen molar-refractivity contribution < 1.29 is 9.90 Å². The van der Waals surface area contributed by atoms with E-state index in [-0.39, 0.29) is 18.6 Å². The molecular weight excluding hydrogens is 316 g/mol. The quantitative estimate of drug-likeness (QED) is 0.901. The first-order chi connectivity index (χ1) is 11.9. The topological polar surface area (TPSA) is 70.4 Å². The van der Waals surface area contributed by atoms with Gasteiger partial charge in [-0.1, -0.05) is 19.1 Å². The van der Waals surface area contributed by atoms with E-state index >= 15 is 0 Å². The highest BCUT2D eigenvalue weighted by Gasteiger charge is 2.32. The van der Waals surface area contributed by atoms with Crippen molar-refractivity contribution >= 4 is 11.7 Å². The average Bonchev–Trinajstić information content (AvgIpc) is 3.13. The number of rotatable bonds is 3. The van der Waals surface area contributed by atoms with E-state index in [4.69, 9.17) is 0 Å². The number of aliphatic hydroxyl groups is 1. The van der Waals surface area contributed by atoms with Crippen LogP contribution in [0, 0.1) is 32.6 Å². The first-order valence-corrected chi connectivity index (χ1v) is 8.69. The summed E-state index contributed by atoms with van der Waals surface area (Å²) in [6.07, 6.45) is 1.69. The summed E-state index contributed by atoms with van der Waals surface area (Å²) >= 11 is 0. The number of amides is 2. The molecule has 6 heteroatoms. The number of carbonyl (C=O) groups is 1. The highest BCUT2D eigenvalue weighted by molar-refractivity contribution is 5.90. The van der Waals surface area contributed by atoms with E-state index in [0.29, 0.717) is 24.7 Å². The van der Waals surface area contributed by atoms with Gasteiger partial charge in [-0.05, 0) is 43.9 Å². The highest BCUT2D eigenvalue weighted by atomic mass is 16.3. The summed E-state index contributed by atoms with van der Waals surface area (Å²) in [5.74, 6) is 0.471. The Morgan fingerprint density at radius 2 is 2.08 bits per heavy atom. The van der Waals surface area contributed by atoms with Gasteiger partial charge >= 0.3 is 6.03 Å². The van der Waals surface area contributed by atoms with Gasteiger partial charge in [-0.3, -0.25) is 0 Å². The Labute approximate surface area is 148 Å². The van der Waals surface area contributed by atoms with Crippen LogP contribution in [0.3, 0.4) is 0 Å². The molecule has 2 heterocycles. The molecule has 1 aromatic heterocycles. The molecule has 1 saturated heterocycles. The van der Waals surface area contributed by atoms with Crippen LogP contribution in [0.4, 0.5) is 10.5 Å². The molecule has 0 radical (unpaired) electrons. The number of carbonyl (C=O) groups excluding carboxylic acids is 1. The van der Waals surface area contributed by atoms with Crippen molar-refractivity contribution in [2.75, 3.05) is 25.0 Å². The summed E-state index contributed by atoms with van der Waals surface area (Å²) in [7, 11) is 0. The lowest BCUT2D eigenvalue weighted by Crippen LogP contribution is -2.33. The Kier molecular flexibility index (Phi) is 4.81. The smallest absolute Gasteiger partial charge is 0.321 e. The number of likely N-dealkylation sites (tertiary alicyclic amines) is 1. The van der Waals surface area contributed by atoms with Gasteiger partial charge in [0.2, 0.25) is 0 Å². The second-order valence-electron chi connectivity index (χ2n) is 7.10. The largest absolute Gasteiger partial charge is 0.396 e. The van der Waals surface area contributed by atoms with Crippen LogP contribution in [0.1, 0.15) is 23.7 Å². The Bertz CT molecular complexity index is 784. The van der Waals surface area contributed by atoms with Gasteiger partial charge in [-0.25, -0.2) is 9.48 Å². The number of urea groups is 1. The van der Waals surface area contributed by atoms with Gasteiger partial charge in [0.1, 0.15) is 0 Å². The number of aromatic nitrogens is 2. The fourth-order valence-corrected chi connectivity index (χ4v) is 3.35. The summed E-state index contributed by atoms with van der Waals surface area (Å²) in [6, 6.07) is 6.11. The number of aryl methyl sites for hydroxylation is 2. The van der Waals surface area contributed by atoms with Crippen LogP contribution in [0.5, 0.6) is 0 Å². The molecule has 0 aliphatic carbocycles. The van der Waals surface area contributed by atoms with E-state index in [1.165, 1.54) is 5.56 Å². The third kappa shape index (κ3) is 3.39. The van der Waals surface area contributed by atoms with Gasteiger partial charge in [0.25, 0.3) is 0 Å². The summed E-state index contributed by atoms with van der Waals surface area (Å²) in [4.78, 5) is 14.3. The molecule has 25 heavy (non-hydrogen) atoms. The Hall–Kier alpha value is -2.34. The van der Waals surface area contributed by atoms with Crippen molar-refractivity contribution in [3.8, 4) is 5.69 Å². The van der Waals surface area contributed by atoms with Crippen molar-refractivity contribution in [1.82, 2.24) is 14.7 Å². The number of anilines is 1. The van der Waals surface area contributed by atoms with E-state index in [2.05, 4.69) is 49.4 Å². The standard InChI is InChI=1S/C19H26N4O2/c1-12-5-6-13(2)18(7-12)23-15(4)17(8-20-23)21-19(25)22-9-14(3)16(10-22)11-24/h5-8,14,16,24H,9-11H2,1-4H3,(H,21,25)/t14-,16+/m1/s1. The third-order valence-electron chi connectivity index (χ3n) is 5.13. The van der Waals surface area contributed by atoms with Crippen LogP contribution < -0.4 is 5.32 Å². The first kappa shape index (κ1) is 17.5. The van der Waals surface area contributed by atoms with Crippen LogP contribution in [0.15, 0.2) is 24.4 Å². The molecule has 0 bridgehead atoms. The summed E-state index contributed by atoms with van der Waals surface area (Å²) in [5, 5.41) is 16.8. The first-order valence-electron chi connectivity index (χ1n) is 8.69. The van der Waals surface area contributed by atoms with Crippen LogP contribution in [0.25, 0.3) is 5.69 Å². The minimum absolute atomic E-state index is 0.120. The molecule has 0 saturated carbocycles. The lowest BCUT2D eigenvalue weighted by atomic mass is 10.00. The monoisotopic (exact) mass is 342 g/mol. The Morgan fingerprint density at radius 1 is 1.32 bits per heavy atom. The molecule has 1 fully saturated rings. The van der Waals surface area contributed by atoms with Gasteiger partial charge in [0.05, 0.1) is 23.3 Å². The van der Waals surface area contributed by atoms with Gasteiger partial charge in [-0.2, -0.15) is 5.10 Å². The SMILES string of the molecule is Cc1ccc(C)c(-n2ncc(NC(=O)N3C[C@@H](CO)[C@H](C)C3)c2C)c1. The van der Waals surface area contributed by atoms with Gasteiger partial charge in [0, 0.05) is 25.6 Å². The van der Waals surface area contributed by atoms with E-state index in [1.807, 2.05) is 11.6 Å². The molecule has 3 rings (SSSR count). The number of hydrogen-bond acceptors (Lipinski definition) is 3. The van der Waals surface area contributed by atoms with Crippen LogP contribution >= 0.6 is 0 Å². The van der Waals surface area contributed by atoms with Gasteiger partial charge in [0.15, 0.2) is 0 Å². The fourth-order valence-electron chi connectivity index (χ4n) is 3.35. The molecule has 6 nitrogen and oxygen atoms in total. The second-order valence-corrected chi connectivity index (χ2v) is 7.10. The molecule has 134 valence electrons. The normalized spacial score (nSPS) is 20.1. The molecule has 0 unspecified atom stereocenters. The lowest BCUT2D eigenvalue weighted by molar-refractivity contribution is 0.202. The maximum Gasteiger partial charge on any atom is 0.321 e. The molecule has 2 atom stereocenters. The molecule has 1 aromatic carbocycles. The molecule has 0 spiro atoms. The fraction of sp³-hybridized carbons (Fsp3) is 0.474. The number of nitrogens with one attached hydrogen (secondary N) is 1. The molecule has 2 N–H and O–H groups in total. The van der Waals surface area contributed by atoms with E-state index in [9.17, 15) is 9.90 Å². The lowest BCUT2D eigenvalue weighted by Gasteiger charge is -2.17. The van der Waals surface area contributed by atoms with Gasteiger partial charge in [-0.15, -0.1) is 0 Å². The molecule has 1 aliphatic rings. The minimum atomic E-state index is -0.133. The number of aliphatic hydroxyl groups excluding tert-OH is 1. The zero-order chi connectivity index (χ0) is 18.1. The predicted molar refractivity (Wildman–Crippen MR) is 98.1 cm³/mol. The summed E-state index contributed by atoms with van der Waals surface area (Å²) < 4.78 is 1.86. The Balaban J connectivity index is 1.78. The number of nitrogens with zero attached hydrogens (tertiary/aromatic N) is 3. The molecule has 2 amide bonds. The molecular formula is C19H26N4O2. The summed E-state index contributed by atoms with van der Waals surface area (Å²) in [6.45, 7) is 9.50. The van der Waals surface area contributed by atoms with Crippen LogP contribution in [-0.2, 0) is 0 Å². The van der Waals surface area contributed by atoms with Crippen molar-refractivity contribution in [3.63, 3.8) is 0 Å². The summed E-state index contributed by atoms with van der Waals surface area (Å²) in [5.41, 5.74) is 4.93. The number of hydrogen-bond donors (Lipinski definition) is 2. The maximum absolute atomic E-state index is 12.5. The van der Waals surface area contributed by atoms with Crippen LogP contribution in [-0.4, -0.2) is 45.5 Å². The number of benzene rings is 1. The molecule has 1 aliphatic heterocycles. The average molecular weight is 342 g/mol. The second kappa shape index (κ2) is 6.88. The van der Waals surface area contributed by atoms with Crippen molar-refractivity contribution in [1.29, 1.82) is 0 Å². The minimum Gasteiger partial charge on any atom is -0.396 e. The highest BCUT2D eigenvalue weighted by Crippen LogP contribution is 2.25. The Morgan fingerprint density at radius 3 is 2.76 bits per heavy atom. The molecule has 2 aromatic rings.